The topological polar surface area (TPSA) is 112 Å². The molecule has 0 aliphatic carbocycles. The lowest BCUT2D eigenvalue weighted by molar-refractivity contribution is 0.0240. The van der Waals surface area contributed by atoms with Crippen molar-refractivity contribution < 1.29 is 13.9 Å². The molecule has 1 aliphatic rings. The normalized spacial score (nSPS) is 13.9. The van der Waals surface area contributed by atoms with E-state index < -0.39 is 5.60 Å². The molecule has 0 spiro atoms. The predicted octanol–water partition coefficient (Wildman–Crippen LogP) is 5.39. The molecule has 0 radical (unpaired) electrons. The number of carbonyl (C=O) groups excluding carboxylic acids is 1. The van der Waals surface area contributed by atoms with E-state index >= 15 is 0 Å². The maximum atomic E-state index is 13.4. The summed E-state index contributed by atoms with van der Waals surface area (Å²) >= 11 is 1.23. The number of nitriles is 1. The molecule has 3 aromatic heterocycles. The summed E-state index contributed by atoms with van der Waals surface area (Å²) in [7, 11) is 0. The van der Waals surface area contributed by atoms with Gasteiger partial charge < -0.3 is 19.9 Å². The highest BCUT2D eigenvalue weighted by Gasteiger charge is 2.26. The van der Waals surface area contributed by atoms with Gasteiger partial charge in [-0.25, -0.2) is 23.8 Å². The molecular formula is C27H29FN8O2S. The first-order valence-electron chi connectivity index (χ1n) is 12.7. The molecule has 4 aromatic rings. The van der Waals surface area contributed by atoms with Crippen molar-refractivity contribution in [3.05, 3.63) is 47.2 Å². The summed E-state index contributed by atoms with van der Waals surface area (Å²) in [6, 6.07) is 10.2. The van der Waals surface area contributed by atoms with E-state index in [1.165, 1.54) is 23.5 Å². The summed E-state index contributed by atoms with van der Waals surface area (Å²) in [6.07, 6.45) is 1.50. The van der Waals surface area contributed by atoms with Crippen LogP contribution in [0.1, 0.15) is 32.6 Å². The van der Waals surface area contributed by atoms with Gasteiger partial charge in [-0.15, -0.1) is 0 Å². The Morgan fingerprint density at radius 3 is 2.56 bits per heavy atom. The van der Waals surface area contributed by atoms with E-state index in [9.17, 15) is 14.4 Å². The number of halogens is 1. The second kappa shape index (κ2) is 10.5. The molecule has 10 nitrogen and oxygen atoms in total. The van der Waals surface area contributed by atoms with Gasteiger partial charge in [0.05, 0.1) is 17.3 Å². The minimum Gasteiger partial charge on any atom is -0.444 e. The second-order valence-electron chi connectivity index (χ2n) is 10.1. The number of pyridine rings is 1. The largest absolute Gasteiger partial charge is 0.444 e. The lowest BCUT2D eigenvalue weighted by Crippen LogP contribution is -2.50. The van der Waals surface area contributed by atoms with Crippen molar-refractivity contribution in [2.75, 3.05) is 36.4 Å². The van der Waals surface area contributed by atoms with Crippen LogP contribution in [0.25, 0.3) is 22.3 Å². The molecule has 5 rings (SSSR count). The standard InChI is InChI=1S/C27H29FN8O2S/c1-5-36-24(32-25-31-22(21(15-29)39-25)17-6-8-18(28)9-7-17)20-14-19(16-30-23(20)33-36)34-10-12-35(13-11-34)26(37)38-27(2,3)4/h6-9,14,16H,5,10-13H2,1-4H3,(H,31,32). The van der Waals surface area contributed by atoms with Crippen LogP contribution in [0.5, 0.6) is 0 Å². The molecule has 0 saturated carbocycles. The van der Waals surface area contributed by atoms with Crippen LogP contribution in [-0.2, 0) is 11.3 Å². The fourth-order valence-corrected chi connectivity index (χ4v) is 5.15. The number of fused-ring (bicyclic) bond motifs is 1. The Morgan fingerprint density at radius 1 is 1.21 bits per heavy atom. The van der Waals surface area contributed by atoms with Gasteiger partial charge in [0, 0.05) is 38.3 Å². The molecule has 0 bridgehead atoms. The summed E-state index contributed by atoms with van der Waals surface area (Å²) in [5.74, 6) is 0.372. The molecule has 0 unspecified atom stereocenters. The van der Waals surface area contributed by atoms with Gasteiger partial charge in [-0.1, -0.05) is 11.3 Å². The highest BCUT2D eigenvalue weighted by molar-refractivity contribution is 7.16. The van der Waals surface area contributed by atoms with Gasteiger partial charge in [-0.2, -0.15) is 10.4 Å². The minimum atomic E-state index is -0.531. The Bertz CT molecular complexity index is 1540. The number of aromatic nitrogens is 4. The SMILES string of the molecule is CCn1nc2ncc(N3CCN(C(=O)OC(C)(C)C)CC3)cc2c1Nc1nc(-c2ccc(F)cc2)c(C#N)s1. The smallest absolute Gasteiger partial charge is 0.410 e. The Hall–Kier alpha value is -4.24. The van der Waals surface area contributed by atoms with Crippen molar-refractivity contribution in [1.82, 2.24) is 24.6 Å². The number of hydrogen-bond acceptors (Lipinski definition) is 9. The van der Waals surface area contributed by atoms with E-state index in [2.05, 4.69) is 31.4 Å². The number of hydrogen-bond donors (Lipinski definition) is 1. The third-order valence-corrected chi connectivity index (χ3v) is 7.12. The molecule has 1 aliphatic heterocycles. The first kappa shape index (κ1) is 26.4. The van der Waals surface area contributed by atoms with E-state index in [1.807, 2.05) is 38.4 Å². The number of rotatable bonds is 5. The molecule has 1 fully saturated rings. The fourth-order valence-electron chi connectivity index (χ4n) is 4.37. The van der Waals surface area contributed by atoms with Crippen LogP contribution in [-0.4, -0.2) is 62.5 Å². The van der Waals surface area contributed by atoms with Gasteiger partial charge in [-0.3, -0.25) is 0 Å². The minimum absolute atomic E-state index is 0.299. The third kappa shape index (κ3) is 5.63. The zero-order valence-corrected chi connectivity index (χ0v) is 23.0. The van der Waals surface area contributed by atoms with Gasteiger partial charge in [0.1, 0.15) is 33.9 Å². The summed E-state index contributed by atoms with van der Waals surface area (Å²) < 4.78 is 20.7. The summed E-state index contributed by atoms with van der Waals surface area (Å²) in [5, 5.41) is 19.0. The Labute approximate surface area is 229 Å². The molecule has 1 saturated heterocycles. The number of benzene rings is 1. The number of thiazole rings is 1. The van der Waals surface area contributed by atoms with Crippen LogP contribution in [0.2, 0.25) is 0 Å². The highest BCUT2D eigenvalue weighted by Crippen LogP contribution is 2.35. The third-order valence-electron chi connectivity index (χ3n) is 6.25. The first-order chi connectivity index (χ1) is 18.6. The average Bonchev–Trinajstić information content (AvgIpc) is 3.49. The quantitative estimate of drug-likeness (QED) is 0.354. The number of ether oxygens (including phenoxy) is 1. The van der Waals surface area contributed by atoms with E-state index in [1.54, 1.807) is 23.2 Å². The predicted molar refractivity (Wildman–Crippen MR) is 149 cm³/mol. The summed E-state index contributed by atoms with van der Waals surface area (Å²) in [5.41, 5.74) is 2.15. The number of nitrogens with zero attached hydrogens (tertiary/aromatic N) is 7. The van der Waals surface area contributed by atoms with Crippen LogP contribution < -0.4 is 10.2 Å². The Kier molecular flexibility index (Phi) is 7.10. The van der Waals surface area contributed by atoms with Crippen molar-refractivity contribution in [3.63, 3.8) is 0 Å². The fraction of sp³-hybridized carbons (Fsp3) is 0.370. The molecule has 39 heavy (non-hydrogen) atoms. The molecule has 202 valence electrons. The first-order valence-corrected chi connectivity index (χ1v) is 13.5. The number of piperazine rings is 1. The van der Waals surface area contributed by atoms with Crippen LogP contribution in [0.4, 0.5) is 25.8 Å². The van der Waals surface area contributed by atoms with Gasteiger partial charge in [0.2, 0.25) is 0 Å². The van der Waals surface area contributed by atoms with Gasteiger partial charge in [-0.05, 0) is 58.0 Å². The number of nitrogens with one attached hydrogen (secondary N) is 1. The summed E-state index contributed by atoms with van der Waals surface area (Å²) in [4.78, 5) is 26.0. The summed E-state index contributed by atoms with van der Waals surface area (Å²) in [6.45, 7) is 10.6. The van der Waals surface area contributed by atoms with Crippen molar-refractivity contribution >= 4 is 45.1 Å². The van der Waals surface area contributed by atoms with Crippen molar-refractivity contribution in [3.8, 4) is 17.3 Å². The molecule has 1 amide bonds. The van der Waals surface area contributed by atoms with Crippen LogP contribution >= 0.6 is 11.3 Å². The van der Waals surface area contributed by atoms with Gasteiger partial charge in [0.15, 0.2) is 10.8 Å². The van der Waals surface area contributed by atoms with Crippen molar-refractivity contribution in [1.29, 1.82) is 5.26 Å². The van der Waals surface area contributed by atoms with E-state index in [4.69, 9.17) is 4.74 Å². The number of aryl methyl sites for hydroxylation is 1. The maximum Gasteiger partial charge on any atom is 0.410 e. The van der Waals surface area contributed by atoms with Crippen LogP contribution in [0.15, 0.2) is 36.5 Å². The Balaban J connectivity index is 1.39. The molecule has 12 heteroatoms. The number of anilines is 3. The lowest BCUT2D eigenvalue weighted by Gasteiger charge is -2.36. The van der Waals surface area contributed by atoms with E-state index in [0.717, 1.165) is 16.9 Å². The molecule has 4 heterocycles. The average molecular weight is 549 g/mol. The molecular weight excluding hydrogens is 519 g/mol. The molecule has 0 atom stereocenters. The number of amides is 1. The monoisotopic (exact) mass is 548 g/mol. The van der Waals surface area contributed by atoms with Crippen molar-refractivity contribution in [2.45, 2.75) is 39.8 Å². The molecule has 1 aromatic carbocycles. The lowest BCUT2D eigenvalue weighted by atomic mass is 10.1. The second-order valence-corrected chi connectivity index (χ2v) is 11.1. The van der Waals surface area contributed by atoms with E-state index in [-0.39, 0.29) is 11.9 Å². The van der Waals surface area contributed by atoms with Gasteiger partial charge in [0.25, 0.3) is 0 Å². The van der Waals surface area contributed by atoms with E-state index in [0.29, 0.717) is 59.6 Å². The van der Waals surface area contributed by atoms with Crippen molar-refractivity contribution in [2.24, 2.45) is 0 Å². The van der Waals surface area contributed by atoms with Gasteiger partial charge >= 0.3 is 6.09 Å². The number of carbonyl (C=O) groups is 1. The van der Waals surface area contributed by atoms with Crippen LogP contribution in [0.3, 0.4) is 0 Å². The zero-order valence-electron chi connectivity index (χ0n) is 22.2. The maximum absolute atomic E-state index is 13.4. The Morgan fingerprint density at radius 2 is 1.92 bits per heavy atom. The molecule has 1 N–H and O–H groups in total. The zero-order chi connectivity index (χ0) is 27.7. The highest BCUT2D eigenvalue weighted by atomic mass is 32.1. The van der Waals surface area contributed by atoms with Crippen LogP contribution in [0, 0.1) is 17.1 Å².